The highest BCUT2D eigenvalue weighted by atomic mass is 16.5. The summed E-state index contributed by atoms with van der Waals surface area (Å²) in [5, 5.41) is 2.76. The van der Waals surface area contributed by atoms with Crippen molar-refractivity contribution in [3.8, 4) is 5.75 Å². The minimum absolute atomic E-state index is 0.0904. The molecule has 2 aromatic rings. The van der Waals surface area contributed by atoms with Crippen LogP contribution in [0.25, 0.3) is 0 Å². The zero-order valence-corrected chi connectivity index (χ0v) is 15.3. The summed E-state index contributed by atoms with van der Waals surface area (Å²) in [5.41, 5.74) is 2.25. The number of rotatable bonds is 7. The fourth-order valence-corrected chi connectivity index (χ4v) is 2.80. The molecule has 3 rings (SSSR count). The molecule has 1 aliphatic heterocycles. The summed E-state index contributed by atoms with van der Waals surface area (Å²) < 4.78 is 10.6. The van der Waals surface area contributed by atoms with Crippen LogP contribution in [-0.4, -0.2) is 30.9 Å². The molecule has 0 radical (unpaired) electrons. The zero-order chi connectivity index (χ0) is 19.4. The lowest BCUT2D eigenvalue weighted by Gasteiger charge is -2.08. The predicted octanol–water partition coefficient (Wildman–Crippen LogP) is 3.57. The summed E-state index contributed by atoms with van der Waals surface area (Å²) in [7, 11) is 0. The highest BCUT2D eigenvalue weighted by Gasteiger charge is 2.27. The van der Waals surface area contributed by atoms with Crippen molar-refractivity contribution in [3.05, 3.63) is 59.2 Å². The zero-order valence-electron chi connectivity index (χ0n) is 15.3. The summed E-state index contributed by atoms with van der Waals surface area (Å²) in [6, 6.07) is 11.6. The molecule has 0 spiro atoms. The average Bonchev–Trinajstić information content (AvgIpc) is 2.98. The maximum atomic E-state index is 12.3. The van der Waals surface area contributed by atoms with Crippen LogP contribution >= 0.6 is 0 Å². The van der Waals surface area contributed by atoms with E-state index in [1.165, 1.54) is 0 Å². The number of Topliss-reactive ketones (excluding diaryl/α,β-unsaturated/α-hetero) is 1. The molecule has 1 N–H and O–H groups in total. The molecule has 1 atom stereocenters. The average molecular weight is 367 g/mol. The molecule has 140 valence electrons. The molecule has 0 saturated heterocycles. The van der Waals surface area contributed by atoms with Gasteiger partial charge >= 0.3 is 5.97 Å². The van der Waals surface area contributed by atoms with Crippen LogP contribution in [0.3, 0.4) is 0 Å². The molecular weight excluding hydrogens is 346 g/mol. The number of carbonyl (C=O) groups is 3. The third-order valence-electron chi connectivity index (χ3n) is 4.39. The van der Waals surface area contributed by atoms with Crippen molar-refractivity contribution in [2.75, 3.05) is 18.5 Å². The molecule has 27 heavy (non-hydrogen) atoms. The van der Waals surface area contributed by atoms with E-state index in [0.717, 1.165) is 12.0 Å². The number of carbonyl (C=O) groups excluding carboxylic acids is 3. The van der Waals surface area contributed by atoms with E-state index in [9.17, 15) is 14.4 Å². The number of nitrogens with one attached hydrogen (secondary N) is 1. The lowest BCUT2D eigenvalue weighted by molar-refractivity contribution is -0.116. The van der Waals surface area contributed by atoms with Gasteiger partial charge in [-0.25, -0.2) is 4.79 Å². The molecule has 6 nitrogen and oxygen atoms in total. The summed E-state index contributed by atoms with van der Waals surface area (Å²) in [6.07, 6.45) is 0.900. The quantitative estimate of drug-likeness (QED) is 0.598. The van der Waals surface area contributed by atoms with E-state index in [1.54, 1.807) is 49.4 Å². The fourth-order valence-electron chi connectivity index (χ4n) is 2.80. The maximum Gasteiger partial charge on any atom is 0.338 e. The predicted molar refractivity (Wildman–Crippen MR) is 100 cm³/mol. The Morgan fingerprint density at radius 2 is 1.78 bits per heavy atom. The molecule has 0 fully saturated rings. The Hall–Kier alpha value is -3.15. The van der Waals surface area contributed by atoms with Crippen LogP contribution in [-0.2, 0) is 9.53 Å². The number of benzene rings is 2. The van der Waals surface area contributed by atoms with Gasteiger partial charge in [0, 0.05) is 11.3 Å². The van der Waals surface area contributed by atoms with Gasteiger partial charge in [0.2, 0.25) is 5.91 Å². The van der Waals surface area contributed by atoms with Crippen LogP contribution in [0.5, 0.6) is 5.75 Å². The lowest BCUT2D eigenvalue weighted by Crippen LogP contribution is -2.14. The van der Waals surface area contributed by atoms with Gasteiger partial charge in [-0.05, 0) is 61.4 Å². The summed E-state index contributed by atoms with van der Waals surface area (Å²) >= 11 is 0. The number of ether oxygens (including phenoxy) is 2. The van der Waals surface area contributed by atoms with E-state index in [1.807, 2.05) is 6.92 Å². The third kappa shape index (κ3) is 4.16. The van der Waals surface area contributed by atoms with Gasteiger partial charge in [0.15, 0.2) is 12.4 Å². The monoisotopic (exact) mass is 367 g/mol. The number of esters is 1. The number of amides is 1. The maximum absolute atomic E-state index is 12.3. The Bertz CT molecular complexity index is 873. The van der Waals surface area contributed by atoms with Crippen LogP contribution in [0.2, 0.25) is 0 Å². The first-order valence-corrected chi connectivity index (χ1v) is 8.87. The molecule has 0 bridgehead atoms. The first-order chi connectivity index (χ1) is 13.0. The highest BCUT2D eigenvalue weighted by Crippen LogP contribution is 2.32. The first kappa shape index (κ1) is 18.6. The lowest BCUT2D eigenvalue weighted by atomic mass is 9.99. The molecule has 1 aliphatic rings. The van der Waals surface area contributed by atoms with Gasteiger partial charge < -0.3 is 14.8 Å². The smallest absolute Gasteiger partial charge is 0.338 e. The molecule has 0 aliphatic carbocycles. The molecular formula is C21H21NO5. The minimum atomic E-state index is -0.572. The van der Waals surface area contributed by atoms with E-state index >= 15 is 0 Å². The fraction of sp³-hybridized carbons (Fsp3) is 0.286. The molecule has 0 saturated carbocycles. The summed E-state index contributed by atoms with van der Waals surface area (Å²) in [6.45, 7) is 4.04. The van der Waals surface area contributed by atoms with Gasteiger partial charge in [0.1, 0.15) is 5.75 Å². The van der Waals surface area contributed by atoms with Crippen LogP contribution in [0, 0.1) is 0 Å². The Kier molecular flexibility index (Phi) is 5.54. The summed E-state index contributed by atoms with van der Waals surface area (Å²) in [5.74, 6) is -0.603. The second kappa shape index (κ2) is 8.03. The van der Waals surface area contributed by atoms with Crippen LogP contribution in [0.1, 0.15) is 52.5 Å². The molecule has 1 amide bonds. The van der Waals surface area contributed by atoms with Crippen LogP contribution < -0.4 is 10.1 Å². The Morgan fingerprint density at radius 1 is 1.07 bits per heavy atom. The van der Waals surface area contributed by atoms with E-state index < -0.39 is 5.97 Å². The van der Waals surface area contributed by atoms with Crippen LogP contribution in [0.15, 0.2) is 42.5 Å². The van der Waals surface area contributed by atoms with Crippen molar-refractivity contribution in [2.24, 2.45) is 0 Å². The van der Waals surface area contributed by atoms with Gasteiger partial charge in [-0.3, -0.25) is 9.59 Å². The molecule has 0 unspecified atom stereocenters. The molecule has 1 heterocycles. The van der Waals surface area contributed by atoms with E-state index in [-0.39, 0.29) is 24.2 Å². The highest BCUT2D eigenvalue weighted by molar-refractivity contribution is 6.05. The SMILES string of the molecule is CCCOc1ccc(C(=O)OCC(=O)c2ccc3c(c2)[C@H](C)C(=O)N3)cc1. The summed E-state index contributed by atoms with van der Waals surface area (Å²) in [4.78, 5) is 36.1. The van der Waals surface area contributed by atoms with Crippen molar-refractivity contribution in [1.82, 2.24) is 0 Å². The normalized spacial score (nSPS) is 15.0. The molecule has 0 aromatic heterocycles. The first-order valence-electron chi connectivity index (χ1n) is 8.87. The van der Waals surface area contributed by atoms with Crippen molar-refractivity contribution in [3.63, 3.8) is 0 Å². The second-order valence-corrected chi connectivity index (χ2v) is 6.39. The Balaban J connectivity index is 1.59. The van der Waals surface area contributed by atoms with E-state index in [2.05, 4.69) is 5.32 Å². The Morgan fingerprint density at radius 3 is 2.48 bits per heavy atom. The van der Waals surface area contributed by atoms with Gasteiger partial charge in [0.05, 0.1) is 18.1 Å². The van der Waals surface area contributed by atoms with Crippen molar-refractivity contribution >= 4 is 23.3 Å². The number of hydrogen-bond donors (Lipinski definition) is 1. The van der Waals surface area contributed by atoms with Crippen molar-refractivity contribution in [1.29, 1.82) is 0 Å². The standard InChI is InChI=1S/C21H21NO5/c1-3-10-26-16-7-4-14(5-8-16)21(25)27-12-19(23)15-6-9-18-17(11-15)13(2)20(24)22-18/h4-9,11,13H,3,10,12H2,1-2H3,(H,22,24)/t13-/m0/s1. The number of anilines is 1. The van der Waals surface area contributed by atoms with Crippen LogP contribution in [0.4, 0.5) is 5.69 Å². The van der Waals surface area contributed by atoms with E-state index in [0.29, 0.717) is 29.2 Å². The minimum Gasteiger partial charge on any atom is -0.494 e. The second-order valence-electron chi connectivity index (χ2n) is 6.39. The largest absolute Gasteiger partial charge is 0.494 e. The molecule has 6 heteroatoms. The third-order valence-corrected chi connectivity index (χ3v) is 4.39. The van der Waals surface area contributed by atoms with Gasteiger partial charge in [0.25, 0.3) is 0 Å². The number of hydrogen-bond acceptors (Lipinski definition) is 5. The van der Waals surface area contributed by atoms with Gasteiger partial charge in [-0.15, -0.1) is 0 Å². The van der Waals surface area contributed by atoms with E-state index in [4.69, 9.17) is 9.47 Å². The van der Waals surface area contributed by atoms with Crippen molar-refractivity contribution in [2.45, 2.75) is 26.2 Å². The molecule has 2 aromatic carbocycles. The number of fused-ring (bicyclic) bond motifs is 1. The van der Waals surface area contributed by atoms with Gasteiger partial charge in [-0.1, -0.05) is 6.92 Å². The number of ketones is 1. The topological polar surface area (TPSA) is 81.7 Å². The Labute approximate surface area is 157 Å². The van der Waals surface area contributed by atoms with Crippen molar-refractivity contribution < 1.29 is 23.9 Å². The van der Waals surface area contributed by atoms with Gasteiger partial charge in [-0.2, -0.15) is 0 Å².